The molecule has 4 aromatic carbocycles. The minimum atomic E-state index is -3.53. The van der Waals surface area contributed by atoms with Crippen molar-refractivity contribution in [1.82, 2.24) is 4.90 Å². The van der Waals surface area contributed by atoms with Gasteiger partial charge in [-0.15, -0.1) is 0 Å². The molecule has 1 amide bonds. The maximum Gasteiger partial charge on any atom is 0.254 e. The summed E-state index contributed by atoms with van der Waals surface area (Å²) in [6.07, 6.45) is 1.20. The van der Waals surface area contributed by atoms with Gasteiger partial charge in [0.15, 0.2) is 0 Å². The average molecular weight is 499 g/mol. The molecule has 0 saturated carbocycles. The Bertz CT molecular complexity index is 1360. The van der Waals surface area contributed by atoms with Crippen molar-refractivity contribution in [2.45, 2.75) is 26.6 Å². The molecule has 0 spiro atoms. The van der Waals surface area contributed by atoms with E-state index in [0.29, 0.717) is 24.3 Å². The lowest BCUT2D eigenvalue weighted by Crippen LogP contribution is -2.31. The predicted molar refractivity (Wildman–Crippen MR) is 145 cm³/mol. The standard InChI is InChI=1S/C30H30N2O3S/c1-24-11-9-10-16-28(24)23-32(36(2,34)35)29-19-17-27(18-20-29)30(33)31(21-25-12-5-3-6-13-25)22-26-14-7-4-8-15-26/h3-20H,21-23H2,1-2H3. The normalized spacial score (nSPS) is 11.2. The zero-order valence-electron chi connectivity index (χ0n) is 20.5. The average Bonchev–Trinajstić information content (AvgIpc) is 2.88. The zero-order chi connectivity index (χ0) is 25.5. The highest BCUT2D eigenvalue weighted by atomic mass is 32.2. The second kappa shape index (κ2) is 11.2. The van der Waals surface area contributed by atoms with Crippen molar-refractivity contribution < 1.29 is 13.2 Å². The van der Waals surface area contributed by atoms with Gasteiger partial charge in [-0.1, -0.05) is 84.9 Å². The summed E-state index contributed by atoms with van der Waals surface area (Å²) < 4.78 is 26.6. The first-order valence-electron chi connectivity index (χ1n) is 11.8. The number of hydrogen-bond donors (Lipinski definition) is 0. The summed E-state index contributed by atoms with van der Waals surface area (Å²) in [5.74, 6) is -0.112. The summed E-state index contributed by atoms with van der Waals surface area (Å²) in [5, 5.41) is 0. The molecule has 36 heavy (non-hydrogen) atoms. The first kappa shape index (κ1) is 25.2. The Morgan fingerprint density at radius 1 is 0.667 bits per heavy atom. The third kappa shape index (κ3) is 6.40. The Balaban J connectivity index is 1.60. The lowest BCUT2D eigenvalue weighted by Gasteiger charge is -2.25. The Kier molecular flexibility index (Phi) is 7.86. The molecular weight excluding hydrogens is 468 g/mol. The number of carbonyl (C=O) groups is 1. The van der Waals surface area contributed by atoms with Gasteiger partial charge in [-0.05, 0) is 53.4 Å². The Morgan fingerprint density at radius 2 is 1.17 bits per heavy atom. The molecule has 0 bridgehead atoms. The fourth-order valence-electron chi connectivity index (χ4n) is 4.10. The van der Waals surface area contributed by atoms with E-state index in [9.17, 15) is 13.2 Å². The van der Waals surface area contributed by atoms with E-state index in [2.05, 4.69) is 0 Å². The number of aryl methyl sites for hydroxylation is 1. The number of amides is 1. The minimum Gasteiger partial charge on any atom is -0.330 e. The summed E-state index contributed by atoms with van der Waals surface area (Å²) in [5.41, 5.74) is 5.07. The topological polar surface area (TPSA) is 57.7 Å². The smallest absolute Gasteiger partial charge is 0.254 e. The molecule has 0 aliphatic carbocycles. The van der Waals surface area contributed by atoms with Gasteiger partial charge in [0.2, 0.25) is 10.0 Å². The summed E-state index contributed by atoms with van der Waals surface area (Å²) in [6, 6.07) is 34.3. The van der Waals surface area contributed by atoms with Gasteiger partial charge in [0.05, 0.1) is 18.5 Å². The third-order valence-corrected chi connectivity index (χ3v) is 7.24. The number of carbonyl (C=O) groups excluding carboxylic acids is 1. The van der Waals surface area contributed by atoms with Crippen LogP contribution in [0, 0.1) is 6.92 Å². The Morgan fingerprint density at radius 3 is 1.67 bits per heavy atom. The van der Waals surface area contributed by atoms with Crippen LogP contribution in [0.3, 0.4) is 0 Å². The van der Waals surface area contributed by atoms with Gasteiger partial charge in [-0.3, -0.25) is 9.10 Å². The van der Waals surface area contributed by atoms with E-state index in [1.165, 1.54) is 10.6 Å². The van der Waals surface area contributed by atoms with Gasteiger partial charge in [0, 0.05) is 18.7 Å². The molecule has 0 radical (unpaired) electrons. The Labute approximate surface area is 213 Å². The number of hydrogen-bond acceptors (Lipinski definition) is 3. The highest BCUT2D eigenvalue weighted by Gasteiger charge is 2.21. The summed E-state index contributed by atoms with van der Waals surface area (Å²) in [4.78, 5) is 15.4. The van der Waals surface area contributed by atoms with Crippen LogP contribution in [0.15, 0.2) is 109 Å². The maximum absolute atomic E-state index is 13.6. The quantitative estimate of drug-likeness (QED) is 0.293. The van der Waals surface area contributed by atoms with E-state index in [1.807, 2.05) is 91.9 Å². The number of anilines is 1. The van der Waals surface area contributed by atoms with Gasteiger partial charge < -0.3 is 4.90 Å². The number of rotatable bonds is 9. The van der Waals surface area contributed by atoms with Crippen molar-refractivity contribution in [3.8, 4) is 0 Å². The third-order valence-electron chi connectivity index (χ3n) is 6.10. The SMILES string of the molecule is Cc1ccccc1CN(c1ccc(C(=O)N(Cc2ccccc2)Cc2ccccc2)cc1)S(C)(=O)=O. The lowest BCUT2D eigenvalue weighted by atomic mass is 10.1. The fraction of sp³-hybridized carbons (Fsp3) is 0.167. The maximum atomic E-state index is 13.6. The number of benzene rings is 4. The van der Waals surface area contributed by atoms with Crippen LogP contribution >= 0.6 is 0 Å². The molecule has 0 fully saturated rings. The van der Waals surface area contributed by atoms with E-state index >= 15 is 0 Å². The van der Waals surface area contributed by atoms with Crippen LogP contribution in [0.4, 0.5) is 5.69 Å². The fourth-order valence-corrected chi connectivity index (χ4v) is 4.98. The molecule has 0 saturated heterocycles. The molecule has 4 aromatic rings. The highest BCUT2D eigenvalue weighted by Crippen LogP contribution is 2.24. The van der Waals surface area contributed by atoms with E-state index in [1.54, 1.807) is 29.2 Å². The van der Waals surface area contributed by atoms with Crippen molar-refractivity contribution >= 4 is 21.6 Å². The van der Waals surface area contributed by atoms with Crippen molar-refractivity contribution in [2.24, 2.45) is 0 Å². The van der Waals surface area contributed by atoms with Crippen LogP contribution < -0.4 is 4.31 Å². The summed E-state index contributed by atoms with van der Waals surface area (Å²) in [6.45, 7) is 3.14. The first-order valence-corrected chi connectivity index (χ1v) is 13.7. The molecule has 5 nitrogen and oxygen atoms in total. The summed E-state index contributed by atoms with van der Waals surface area (Å²) in [7, 11) is -3.53. The largest absolute Gasteiger partial charge is 0.330 e. The number of nitrogens with zero attached hydrogens (tertiary/aromatic N) is 2. The zero-order valence-corrected chi connectivity index (χ0v) is 21.4. The second-order valence-electron chi connectivity index (χ2n) is 8.88. The molecular formula is C30H30N2O3S. The van der Waals surface area contributed by atoms with Crippen LogP contribution in [-0.2, 0) is 29.7 Å². The molecule has 6 heteroatoms. The van der Waals surface area contributed by atoms with E-state index in [4.69, 9.17) is 0 Å². The molecule has 0 aliphatic rings. The van der Waals surface area contributed by atoms with Gasteiger partial charge in [0.1, 0.15) is 0 Å². The minimum absolute atomic E-state index is 0.112. The van der Waals surface area contributed by atoms with Crippen LogP contribution in [0.25, 0.3) is 0 Å². The molecule has 0 N–H and O–H groups in total. The molecule has 0 heterocycles. The van der Waals surface area contributed by atoms with Gasteiger partial charge in [-0.2, -0.15) is 0 Å². The lowest BCUT2D eigenvalue weighted by molar-refractivity contribution is 0.0730. The van der Waals surface area contributed by atoms with Crippen LogP contribution in [-0.4, -0.2) is 25.5 Å². The number of sulfonamides is 1. The van der Waals surface area contributed by atoms with Crippen molar-refractivity contribution in [2.75, 3.05) is 10.6 Å². The van der Waals surface area contributed by atoms with Crippen LogP contribution in [0.2, 0.25) is 0 Å². The van der Waals surface area contributed by atoms with Crippen molar-refractivity contribution in [1.29, 1.82) is 0 Å². The molecule has 184 valence electrons. The van der Waals surface area contributed by atoms with Crippen molar-refractivity contribution in [3.63, 3.8) is 0 Å². The molecule has 0 aromatic heterocycles. The van der Waals surface area contributed by atoms with Gasteiger partial charge in [0.25, 0.3) is 5.91 Å². The molecule has 0 unspecified atom stereocenters. The molecule has 0 atom stereocenters. The van der Waals surface area contributed by atoms with Crippen LogP contribution in [0.5, 0.6) is 0 Å². The molecule has 4 rings (SSSR count). The monoisotopic (exact) mass is 498 g/mol. The highest BCUT2D eigenvalue weighted by molar-refractivity contribution is 7.92. The first-order chi connectivity index (χ1) is 17.3. The van der Waals surface area contributed by atoms with Gasteiger partial charge in [-0.25, -0.2) is 8.42 Å². The second-order valence-corrected chi connectivity index (χ2v) is 10.8. The van der Waals surface area contributed by atoms with E-state index < -0.39 is 10.0 Å². The van der Waals surface area contributed by atoms with E-state index in [0.717, 1.165) is 22.3 Å². The van der Waals surface area contributed by atoms with Crippen molar-refractivity contribution in [3.05, 3.63) is 137 Å². The van der Waals surface area contributed by atoms with Gasteiger partial charge >= 0.3 is 0 Å². The van der Waals surface area contributed by atoms with Crippen LogP contribution in [0.1, 0.15) is 32.6 Å². The molecule has 0 aliphatic heterocycles. The predicted octanol–water partition coefficient (Wildman–Crippen LogP) is 5.80. The Hall–Kier alpha value is -3.90. The van der Waals surface area contributed by atoms with E-state index in [-0.39, 0.29) is 12.5 Å². The summed E-state index contributed by atoms with van der Waals surface area (Å²) >= 11 is 0.